The highest BCUT2D eigenvalue weighted by molar-refractivity contribution is 6.30. The summed E-state index contributed by atoms with van der Waals surface area (Å²) < 4.78 is 11.1. The lowest BCUT2D eigenvalue weighted by molar-refractivity contribution is 0.358. The third-order valence-electron chi connectivity index (χ3n) is 2.41. The second-order valence-electron chi connectivity index (χ2n) is 4.20. The molecule has 0 radical (unpaired) electrons. The van der Waals surface area contributed by atoms with Gasteiger partial charge in [0.15, 0.2) is 16.7 Å². The Morgan fingerprint density at radius 1 is 1.53 bits per heavy atom. The molecular weight excluding hydrogens is 272 g/mol. The minimum atomic E-state index is -0.350. The SMILES string of the molecule is COc1cc(=O)n(Cc2noc(C(C)C)n2)nc1Cl. The molecule has 0 aromatic carbocycles. The van der Waals surface area contributed by atoms with E-state index in [9.17, 15) is 4.79 Å². The van der Waals surface area contributed by atoms with Gasteiger partial charge in [-0.05, 0) is 0 Å². The lowest BCUT2D eigenvalue weighted by atomic mass is 10.2. The van der Waals surface area contributed by atoms with Crippen LogP contribution in [0.2, 0.25) is 5.15 Å². The molecule has 0 saturated heterocycles. The van der Waals surface area contributed by atoms with Crippen LogP contribution < -0.4 is 10.3 Å². The third kappa shape index (κ3) is 2.93. The van der Waals surface area contributed by atoms with Gasteiger partial charge in [0.25, 0.3) is 5.56 Å². The number of halogens is 1. The second kappa shape index (κ2) is 5.40. The number of aromatic nitrogens is 4. The number of hydrogen-bond acceptors (Lipinski definition) is 6. The van der Waals surface area contributed by atoms with Crippen LogP contribution in [0.1, 0.15) is 31.5 Å². The maximum atomic E-state index is 11.8. The predicted molar refractivity (Wildman–Crippen MR) is 67.5 cm³/mol. The van der Waals surface area contributed by atoms with Crippen LogP contribution in [0, 0.1) is 0 Å². The second-order valence-corrected chi connectivity index (χ2v) is 4.56. The first-order chi connectivity index (χ1) is 9.01. The average Bonchev–Trinajstić information content (AvgIpc) is 2.82. The van der Waals surface area contributed by atoms with Crippen LogP contribution in [-0.2, 0) is 6.54 Å². The molecule has 0 saturated carbocycles. The zero-order valence-electron chi connectivity index (χ0n) is 10.8. The van der Waals surface area contributed by atoms with Crippen molar-refractivity contribution in [2.75, 3.05) is 7.11 Å². The van der Waals surface area contributed by atoms with Crippen molar-refractivity contribution >= 4 is 11.6 Å². The van der Waals surface area contributed by atoms with Crippen molar-refractivity contribution in [2.24, 2.45) is 0 Å². The Morgan fingerprint density at radius 3 is 2.84 bits per heavy atom. The van der Waals surface area contributed by atoms with Gasteiger partial charge in [-0.15, -0.1) is 0 Å². The number of methoxy groups -OCH3 is 1. The van der Waals surface area contributed by atoms with Gasteiger partial charge < -0.3 is 9.26 Å². The molecule has 2 aromatic rings. The molecular formula is C11H13ClN4O3. The number of hydrogen-bond donors (Lipinski definition) is 0. The first-order valence-electron chi connectivity index (χ1n) is 5.65. The molecule has 102 valence electrons. The molecule has 0 aliphatic heterocycles. The van der Waals surface area contributed by atoms with Crippen molar-refractivity contribution in [3.63, 3.8) is 0 Å². The molecule has 8 heteroatoms. The Morgan fingerprint density at radius 2 is 2.26 bits per heavy atom. The van der Waals surface area contributed by atoms with Gasteiger partial charge in [-0.25, -0.2) is 4.68 Å². The quantitative estimate of drug-likeness (QED) is 0.845. The third-order valence-corrected chi connectivity index (χ3v) is 2.67. The number of rotatable bonds is 4. The van der Waals surface area contributed by atoms with Gasteiger partial charge in [-0.1, -0.05) is 30.6 Å². The minimum Gasteiger partial charge on any atom is -0.493 e. The molecule has 19 heavy (non-hydrogen) atoms. The molecule has 2 aromatic heterocycles. The van der Waals surface area contributed by atoms with Crippen molar-refractivity contribution in [3.05, 3.63) is 33.3 Å². The largest absolute Gasteiger partial charge is 0.493 e. The van der Waals surface area contributed by atoms with Crippen LogP contribution in [0.5, 0.6) is 5.75 Å². The summed E-state index contributed by atoms with van der Waals surface area (Å²) in [6.45, 7) is 3.97. The summed E-state index contributed by atoms with van der Waals surface area (Å²) in [4.78, 5) is 15.9. The van der Waals surface area contributed by atoms with Gasteiger partial charge in [0, 0.05) is 5.92 Å². The van der Waals surface area contributed by atoms with Crippen LogP contribution >= 0.6 is 11.6 Å². The molecule has 0 fully saturated rings. The zero-order valence-corrected chi connectivity index (χ0v) is 11.5. The molecule has 0 unspecified atom stereocenters. The highest BCUT2D eigenvalue weighted by Crippen LogP contribution is 2.18. The number of nitrogens with zero attached hydrogens (tertiary/aromatic N) is 4. The van der Waals surface area contributed by atoms with E-state index in [0.717, 1.165) is 4.68 Å². The van der Waals surface area contributed by atoms with Gasteiger partial charge in [-0.3, -0.25) is 4.79 Å². The summed E-state index contributed by atoms with van der Waals surface area (Å²) in [5.41, 5.74) is -0.350. The molecule has 0 atom stereocenters. The average molecular weight is 285 g/mol. The minimum absolute atomic E-state index is 0.0960. The molecule has 0 aliphatic rings. The van der Waals surface area contributed by atoms with E-state index >= 15 is 0 Å². The van der Waals surface area contributed by atoms with E-state index in [2.05, 4.69) is 15.2 Å². The van der Waals surface area contributed by atoms with Crippen LogP contribution in [0.4, 0.5) is 0 Å². The smallest absolute Gasteiger partial charge is 0.270 e. The molecule has 2 heterocycles. The Bertz CT molecular complexity index is 635. The molecule has 0 aliphatic carbocycles. The van der Waals surface area contributed by atoms with E-state index in [1.165, 1.54) is 13.2 Å². The summed E-state index contributed by atoms with van der Waals surface area (Å²) in [6, 6.07) is 1.26. The molecule has 0 N–H and O–H groups in total. The Kier molecular flexibility index (Phi) is 3.84. The summed E-state index contributed by atoms with van der Waals surface area (Å²) in [5, 5.41) is 7.81. The molecule has 2 rings (SSSR count). The van der Waals surface area contributed by atoms with E-state index in [0.29, 0.717) is 11.7 Å². The van der Waals surface area contributed by atoms with E-state index < -0.39 is 0 Å². The maximum Gasteiger partial charge on any atom is 0.270 e. The highest BCUT2D eigenvalue weighted by atomic mass is 35.5. The van der Waals surface area contributed by atoms with Crippen molar-refractivity contribution in [2.45, 2.75) is 26.3 Å². The Hall–Kier alpha value is -1.89. The summed E-state index contributed by atoms with van der Waals surface area (Å²) >= 11 is 5.86. The van der Waals surface area contributed by atoms with Gasteiger partial charge in [0.05, 0.1) is 13.2 Å². The maximum absolute atomic E-state index is 11.8. The zero-order chi connectivity index (χ0) is 14.0. The standard InChI is InChI=1S/C11H13ClN4O3/c1-6(2)11-13-8(15-19-11)5-16-9(17)4-7(18-3)10(12)14-16/h4,6H,5H2,1-3H3. The fourth-order valence-corrected chi connectivity index (χ4v) is 1.63. The van der Waals surface area contributed by atoms with Crippen molar-refractivity contribution in [1.82, 2.24) is 19.9 Å². The van der Waals surface area contributed by atoms with E-state index in [1.807, 2.05) is 13.8 Å². The topological polar surface area (TPSA) is 83.0 Å². The first kappa shape index (κ1) is 13.5. The van der Waals surface area contributed by atoms with Crippen molar-refractivity contribution < 1.29 is 9.26 Å². The van der Waals surface area contributed by atoms with Gasteiger partial charge >= 0.3 is 0 Å². The van der Waals surface area contributed by atoms with Crippen LogP contribution in [0.3, 0.4) is 0 Å². The van der Waals surface area contributed by atoms with Gasteiger partial charge in [-0.2, -0.15) is 10.1 Å². The van der Waals surface area contributed by atoms with Crippen LogP contribution in [0.15, 0.2) is 15.4 Å². The predicted octanol–water partition coefficient (Wildman–Crippen LogP) is 1.46. The summed E-state index contributed by atoms with van der Waals surface area (Å²) in [7, 11) is 1.42. The molecule has 0 spiro atoms. The lowest BCUT2D eigenvalue weighted by Crippen LogP contribution is -2.23. The van der Waals surface area contributed by atoms with Gasteiger partial charge in [0.1, 0.15) is 6.54 Å². The monoisotopic (exact) mass is 284 g/mol. The van der Waals surface area contributed by atoms with Crippen molar-refractivity contribution in [3.8, 4) is 5.75 Å². The van der Waals surface area contributed by atoms with Crippen molar-refractivity contribution in [1.29, 1.82) is 0 Å². The van der Waals surface area contributed by atoms with Crippen LogP contribution in [-0.4, -0.2) is 27.0 Å². The molecule has 0 amide bonds. The van der Waals surface area contributed by atoms with E-state index in [1.54, 1.807) is 0 Å². The van der Waals surface area contributed by atoms with Gasteiger partial charge in [0.2, 0.25) is 5.89 Å². The van der Waals surface area contributed by atoms with E-state index in [-0.39, 0.29) is 28.9 Å². The Balaban J connectivity index is 2.28. The van der Waals surface area contributed by atoms with E-state index in [4.69, 9.17) is 20.9 Å². The first-order valence-corrected chi connectivity index (χ1v) is 6.03. The lowest BCUT2D eigenvalue weighted by Gasteiger charge is -2.04. The number of ether oxygens (including phenoxy) is 1. The summed E-state index contributed by atoms with van der Waals surface area (Å²) in [5.74, 6) is 1.26. The molecule has 0 bridgehead atoms. The summed E-state index contributed by atoms with van der Waals surface area (Å²) in [6.07, 6.45) is 0. The highest BCUT2D eigenvalue weighted by Gasteiger charge is 2.13. The molecule has 7 nitrogen and oxygen atoms in total. The fourth-order valence-electron chi connectivity index (χ4n) is 1.41. The Labute approximate surface area is 114 Å². The normalized spacial score (nSPS) is 11.0. The fraction of sp³-hybridized carbons (Fsp3) is 0.455. The van der Waals surface area contributed by atoms with Crippen LogP contribution in [0.25, 0.3) is 0 Å².